The Morgan fingerprint density at radius 2 is 1.85 bits per heavy atom. The molecule has 0 unspecified atom stereocenters. The van der Waals surface area contributed by atoms with E-state index in [2.05, 4.69) is 14.9 Å². The molecule has 2 heterocycles. The fourth-order valence-electron chi connectivity index (χ4n) is 2.93. The summed E-state index contributed by atoms with van der Waals surface area (Å²) in [6.45, 7) is 6.60. The summed E-state index contributed by atoms with van der Waals surface area (Å²) >= 11 is 6.16. The van der Waals surface area contributed by atoms with Gasteiger partial charge in [-0.3, -0.25) is 4.79 Å². The van der Waals surface area contributed by atoms with Crippen LogP contribution in [0.3, 0.4) is 0 Å². The van der Waals surface area contributed by atoms with Gasteiger partial charge < -0.3 is 14.5 Å². The normalized spacial score (nSPS) is 14.6. The molecule has 0 atom stereocenters. The number of benzene rings is 1. The first kappa shape index (κ1) is 18.5. The number of halogens is 1. The van der Waals surface area contributed by atoms with Crippen LogP contribution in [0.2, 0.25) is 5.02 Å². The molecule has 0 bridgehead atoms. The maximum absolute atomic E-state index is 12.6. The number of anilines is 1. The van der Waals surface area contributed by atoms with Crippen molar-refractivity contribution in [2.45, 2.75) is 26.4 Å². The summed E-state index contributed by atoms with van der Waals surface area (Å²) in [5, 5.41) is 0.634. The second kappa shape index (κ2) is 8.36. The fourth-order valence-corrected chi connectivity index (χ4v) is 3.13. The average molecular weight is 375 g/mol. The largest absolute Gasteiger partial charge is 0.472 e. The third kappa shape index (κ3) is 4.43. The second-order valence-electron chi connectivity index (χ2n) is 6.49. The lowest BCUT2D eigenvalue weighted by Gasteiger charge is -2.35. The molecule has 0 N–H and O–H groups in total. The highest BCUT2D eigenvalue weighted by Crippen LogP contribution is 2.25. The van der Waals surface area contributed by atoms with E-state index in [0.29, 0.717) is 43.5 Å². The Kier molecular flexibility index (Phi) is 5.93. The highest BCUT2D eigenvalue weighted by atomic mass is 35.5. The highest BCUT2D eigenvalue weighted by molar-refractivity contribution is 6.31. The maximum Gasteiger partial charge on any atom is 0.257 e. The summed E-state index contributed by atoms with van der Waals surface area (Å²) < 4.78 is 5.75. The van der Waals surface area contributed by atoms with E-state index in [0.717, 1.165) is 11.4 Å². The quantitative estimate of drug-likeness (QED) is 0.805. The summed E-state index contributed by atoms with van der Waals surface area (Å²) in [5.74, 6) is 1.37. The number of nitrogens with zero attached hydrogens (tertiary/aromatic N) is 4. The third-order valence-electron chi connectivity index (χ3n) is 4.23. The van der Waals surface area contributed by atoms with E-state index in [1.165, 1.54) is 0 Å². The van der Waals surface area contributed by atoms with Crippen LogP contribution in [0.4, 0.5) is 5.82 Å². The predicted octanol–water partition coefficient (Wildman–Crippen LogP) is 2.81. The van der Waals surface area contributed by atoms with Crippen molar-refractivity contribution in [1.82, 2.24) is 14.9 Å². The molecular formula is C19H23ClN4O2. The van der Waals surface area contributed by atoms with Crippen molar-refractivity contribution >= 4 is 23.3 Å². The third-order valence-corrected chi connectivity index (χ3v) is 4.59. The molecular weight excluding hydrogens is 352 g/mol. The summed E-state index contributed by atoms with van der Waals surface area (Å²) in [6.07, 6.45) is 3.65. The van der Waals surface area contributed by atoms with Gasteiger partial charge in [0.15, 0.2) is 5.82 Å². The van der Waals surface area contributed by atoms with Crippen LogP contribution in [0.5, 0.6) is 5.88 Å². The Morgan fingerprint density at radius 3 is 2.54 bits per heavy atom. The van der Waals surface area contributed by atoms with E-state index in [-0.39, 0.29) is 12.0 Å². The zero-order chi connectivity index (χ0) is 18.5. The number of piperazine rings is 1. The van der Waals surface area contributed by atoms with Crippen LogP contribution in [0.15, 0.2) is 36.7 Å². The fraction of sp³-hybridized carbons (Fsp3) is 0.421. The maximum atomic E-state index is 12.6. The molecule has 1 amide bonds. The van der Waals surface area contributed by atoms with Crippen LogP contribution in [0.1, 0.15) is 19.4 Å². The van der Waals surface area contributed by atoms with Gasteiger partial charge in [-0.1, -0.05) is 29.8 Å². The highest BCUT2D eigenvalue weighted by Gasteiger charge is 2.25. The molecule has 6 nitrogen and oxygen atoms in total. The van der Waals surface area contributed by atoms with E-state index in [1.807, 2.05) is 43.0 Å². The van der Waals surface area contributed by atoms with Crippen molar-refractivity contribution in [3.63, 3.8) is 0 Å². The molecule has 138 valence electrons. The van der Waals surface area contributed by atoms with Crippen molar-refractivity contribution in [1.29, 1.82) is 0 Å². The van der Waals surface area contributed by atoms with Gasteiger partial charge in [-0.15, -0.1) is 0 Å². The molecule has 1 aromatic heterocycles. The second-order valence-corrected chi connectivity index (χ2v) is 6.89. The van der Waals surface area contributed by atoms with Crippen LogP contribution in [-0.4, -0.2) is 53.1 Å². The Hall–Kier alpha value is -2.34. The van der Waals surface area contributed by atoms with E-state index in [4.69, 9.17) is 16.3 Å². The van der Waals surface area contributed by atoms with Crippen molar-refractivity contribution in [3.8, 4) is 5.88 Å². The number of ether oxygens (including phenoxy) is 1. The summed E-state index contributed by atoms with van der Waals surface area (Å²) in [5.41, 5.74) is 0.864. The molecule has 0 spiro atoms. The topological polar surface area (TPSA) is 58.6 Å². The molecule has 2 aromatic rings. The van der Waals surface area contributed by atoms with Gasteiger partial charge in [0, 0.05) is 43.6 Å². The van der Waals surface area contributed by atoms with E-state index in [1.54, 1.807) is 12.4 Å². The predicted molar refractivity (Wildman–Crippen MR) is 102 cm³/mol. The van der Waals surface area contributed by atoms with Gasteiger partial charge in [0.1, 0.15) is 0 Å². The molecule has 1 aromatic carbocycles. The molecule has 3 rings (SSSR count). The molecule has 1 aliphatic heterocycles. The minimum atomic E-state index is 0.0314. The van der Waals surface area contributed by atoms with Crippen molar-refractivity contribution in [2.75, 3.05) is 31.1 Å². The van der Waals surface area contributed by atoms with E-state index >= 15 is 0 Å². The minimum absolute atomic E-state index is 0.0314. The zero-order valence-electron chi connectivity index (χ0n) is 15.1. The lowest BCUT2D eigenvalue weighted by atomic mass is 10.1. The van der Waals surface area contributed by atoms with Crippen LogP contribution in [-0.2, 0) is 11.2 Å². The van der Waals surface area contributed by atoms with Crippen molar-refractivity contribution in [3.05, 3.63) is 47.2 Å². The monoisotopic (exact) mass is 374 g/mol. The SMILES string of the molecule is CC(C)Oc1nccnc1N1CCN(C(=O)Cc2ccccc2Cl)CC1. The van der Waals surface area contributed by atoms with Gasteiger partial charge in [-0.25, -0.2) is 9.97 Å². The average Bonchev–Trinajstić information content (AvgIpc) is 2.64. The Balaban J connectivity index is 1.61. The molecule has 0 saturated carbocycles. The number of rotatable bonds is 5. The Morgan fingerprint density at radius 1 is 1.15 bits per heavy atom. The lowest BCUT2D eigenvalue weighted by Crippen LogP contribution is -2.49. The first-order valence-corrected chi connectivity index (χ1v) is 9.16. The van der Waals surface area contributed by atoms with Crippen LogP contribution in [0.25, 0.3) is 0 Å². The van der Waals surface area contributed by atoms with Crippen LogP contribution in [0, 0.1) is 0 Å². The van der Waals surface area contributed by atoms with Crippen molar-refractivity contribution < 1.29 is 9.53 Å². The van der Waals surface area contributed by atoms with Crippen molar-refractivity contribution in [2.24, 2.45) is 0 Å². The Labute approximate surface area is 158 Å². The molecule has 0 aliphatic carbocycles. The lowest BCUT2D eigenvalue weighted by molar-refractivity contribution is -0.130. The number of amides is 1. The van der Waals surface area contributed by atoms with E-state index in [9.17, 15) is 4.79 Å². The first-order chi connectivity index (χ1) is 12.5. The summed E-state index contributed by atoms with van der Waals surface area (Å²) in [6, 6.07) is 7.47. The van der Waals surface area contributed by atoms with Gasteiger partial charge >= 0.3 is 0 Å². The smallest absolute Gasteiger partial charge is 0.257 e. The van der Waals surface area contributed by atoms with Gasteiger partial charge in [-0.05, 0) is 25.5 Å². The number of hydrogen-bond acceptors (Lipinski definition) is 5. The van der Waals surface area contributed by atoms with Gasteiger partial charge in [0.2, 0.25) is 5.91 Å². The first-order valence-electron chi connectivity index (χ1n) is 8.78. The molecule has 26 heavy (non-hydrogen) atoms. The molecule has 1 aliphatic rings. The Bertz CT molecular complexity index is 761. The number of aromatic nitrogens is 2. The number of hydrogen-bond donors (Lipinski definition) is 0. The summed E-state index contributed by atoms with van der Waals surface area (Å²) in [7, 11) is 0. The number of carbonyl (C=O) groups excluding carboxylic acids is 1. The molecule has 0 radical (unpaired) electrons. The van der Waals surface area contributed by atoms with Gasteiger partial charge in [0.05, 0.1) is 12.5 Å². The van der Waals surface area contributed by atoms with Crippen LogP contribution >= 0.6 is 11.6 Å². The van der Waals surface area contributed by atoms with Gasteiger partial charge in [-0.2, -0.15) is 0 Å². The van der Waals surface area contributed by atoms with Gasteiger partial charge in [0.25, 0.3) is 5.88 Å². The van der Waals surface area contributed by atoms with E-state index < -0.39 is 0 Å². The minimum Gasteiger partial charge on any atom is -0.472 e. The zero-order valence-corrected chi connectivity index (χ0v) is 15.8. The molecule has 1 fully saturated rings. The molecule has 7 heteroatoms. The summed E-state index contributed by atoms with van der Waals surface area (Å²) in [4.78, 5) is 25.3. The number of carbonyl (C=O) groups is 1. The molecule has 1 saturated heterocycles. The standard InChI is InChI=1S/C19H23ClN4O2/c1-14(2)26-19-18(21-7-8-22-19)24-11-9-23(10-12-24)17(25)13-15-5-3-4-6-16(15)20/h3-8,14H,9-13H2,1-2H3. The van der Waals surface area contributed by atoms with Crippen LogP contribution < -0.4 is 9.64 Å².